The maximum Gasteiger partial charge on any atom is 0.148 e. The first kappa shape index (κ1) is 8.59. The topological polar surface area (TPSA) is 45.6 Å². The molecule has 2 aromatic heterocycles. The SMILES string of the molecule is Cn1nc(NC2CC2)cc1-c1ccc[nH]1. The van der Waals surface area contributed by atoms with E-state index in [1.807, 2.05) is 24.0 Å². The second-order valence-corrected chi connectivity index (χ2v) is 4.04. The molecule has 2 heterocycles. The largest absolute Gasteiger partial charge is 0.366 e. The third-order valence-corrected chi connectivity index (χ3v) is 2.68. The second-order valence-electron chi connectivity index (χ2n) is 4.04. The molecular weight excluding hydrogens is 188 g/mol. The van der Waals surface area contributed by atoms with Gasteiger partial charge in [0.1, 0.15) is 5.82 Å². The average Bonchev–Trinajstić information content (AvgIpc) is 2.76. The molecule has 0 saturated heterocycles. The normalized spacial score (nSPS) is 15.5. The molecule has 4 heteroatoms. The van der Waals surface area contributed by atoms with Crippen molar-refractivity contribution in [1.82, 2.24) is 14.8 Å². The van der Waals surface area contributed by atoms with Crippen molar-refractivity contribution in [2.75, 3.05) is 5.32 Å². The fourth-order valence-corrected chi connectivity index (χ4v) is 1.72. The molecule has 0 unspecified atom stereocenters. The van der Waals surface area contributed by atoms with Gasteiger partial charge in [-0.15, -0.1) is 0 Å². The van der Waals surface area contributed by atoms with E-state index in [1.54, 1.807) is 0 Å². The molecular formula is C11H14N4. The van der Waals surface area contributed by atoms with Gasteiger partial charge in [0, 0.05) is 25.4 Å². The number of hydrogen-bond acceptors (Lipinski definition) is 2. The van der Waals surface area contributed by atoms with Crippen LogP contribution in [-0.2, 0) is 7.05 Å². The summed E-state index contributed by atoms with van der Waals surface area (Å²) in [5.74, 6) is 0.976. The van der Waals surface area contributed by atoms with Gasteiger partial charge in [-0.25, -0.2) is 0 Å². The number of aryl methyl sites for hydroxylation is 1. The van der Waals surface area contributed by atoms with E-state index in [0.717, 1.165) is 17.2 Å². The second kappa shape index (κ2) is 3.15. The van der Waals surface area contributed by atoms with E-state index in [9.17, 15) is 0 Å². The number of aromatic nitrogens is 3. The van der Waals surface area contributed by atoms with Gasteiger partial charge in [0.2, 0.25) is 0 Å². The Hall–Kier alpha value is -1.71. The van der Waals surface area contributed by atoms with Crippen LogP contribution in [0.15, 0.2) is 24.4 Å². The first-order valence-corrected chi connectivity index (χ1v) is 5.27. The zero-order valence-corrected chi connectivity index (χ0v) is 8.70. The van der Waals surface area contributed by atoms with Crippen molar-refractivity contribution in [2.45, 2.75) is 18.9 Å². The Morgan fingerprint density at radius 2 is 2.40 bits per heavy atom. The zero-order chi connectivity index (χ0) is 10.3. The molecule has 2 N–H and O–H groups in total. The molecule has 1 fully saturated rings. The van der Waals surface area contributed by atoms with E-state index in [2.05, 4.69) is 27.5 Å². The van der Waals surface area contributed by atoms with Crippen molar-refractivity contribution in [3.05, 3.63) is 24.4 Å². The van der Waals surface area contributed by atoms with Crippen molar-refractivity contribution >= 4 is 5.82 Å². The van der Waals surface area contributed by atoms with E-state index >= 15 is 0 Å². The van der Waals surface area contributed by atoms with Gasteiger partial charge in [0.25, 0.3) is 0 Å². The summed E-state index contributed by atoms with van der Waals surface area (Å²) in [6.07, 6.45) is 4.47. The summed E-state index contributed by atoms with van der Waals surface area (Å²) in [6.45, 7) is 0. The zero-order valence-electron chi connectivity index (χ0n) is 8.70. The first-order chi connectivity index (χ1) is 7.33. The van der Waals surface area contributed by atoms with Gasteiger partial charge in [-0.2, -0.15) is 5.10 Å². The first-order valence-electron chi connectivity index (χ1n) is 5.27. The Labute approximate surface area is 88.3 Å². The maximum absolute atomic E-state index is 4.43. The smallest absolute Gasteiger partial charge is 0.148 e. The number of nitrogens with zero attached hydrogens (tertiary/aromatic N) is 2. The minimum atomic E-state index is 0.649. The van der Waals surface area contributed by atoms with E-state index < -0.39 is 0 Å². The van der Waals surface area contributed by atoms with Crippen LogP contribution in [0.3, 0.4) is 0 Å². The van der Waals surface area contributed by atoms with Crippen molar-refractivity contribution < 1.29 is 0 Å². The summed E-state index contributed by atoms with van der Waals surface area (Å²) in [7, 11) is 1.97. The van der Waals surface area contributed by atoms with Gasteiger partial charge >= 0.3 is 0 Å². The molecule has 0 aromatic carbocycles. The molecule has 1 saturated carbocycles. The fourth-order valence-electron chi connectivity index (χ4n) is 1.72. The van der Waals surface area contributed by atoms with Crippen LogP contribution in [0.1, 0.15) is 12.8 Å². The predicted molar refractivity (Wildman–Crippen MR) is 59.6 cm³/mol. The highest BCUT2D eigenvalue weighted by molar-refractivity contribution is 5.60. The number of rotatable bonds is 3. The van der Waals surface area contributed by atoms with Crippen LogP contribution in [0, 0.1) is 0 Å². The minimum Gasteiger partial charge on any atom is -0.366 e. The van der Waals surface area contributed by atoms with Crippen molar-refractivity contribution in [1.29, 1.82) is 0 Å². The van der Waals surface area contributed by atoms with Crippen molar-refractivity contribution in [3.8, 4) is 11.4 Å². The van der Waals surface area contributed by atoms with Gasteiger partial charge in [0.05, 0.1) is 11.4 Å². The van der Waals surface area contributed by atoms with Crippen LogP contribution < -0.4 is 5.32 Å². The summed E-state index contributed by atoms with van der Waals surface area (Å²) in [6, 6.07) is 6.79. The Morgan fingerprint density at radius 3 is 3.07 bits per heavy atom. The lowest BCUT2D eigenvalue weighted by Crippen LogP contribution is -2.01. The third-order valence-electron chi connectivity index (χ3n) is 2.68. The molecule has 0 atom stereocenters. The monoisotopic (exact) mass is 202 g/mol. The molecule has 78 valence electrons. The number of nitrogens with one attached hydrogen (secondary N) is 2. The molecule has 15 heavy (non-hydrogen) atoms. The van der Waals surface area contributed by atoms with E-state index in [0.29, 0.717) is 6.04 Å². The summed E-state index contributed by atoms with van der Waals surface area (Å²) in [5.41, 5.74) is 2.22. The van der Waals surface area contributed by atoms with Crippen LogP contribution >= 0.6 is 0 Å². The molecule has 0 radical (unpaired) electrons. The van der Waals surface area contributed by atoms with Gasteiger partial charge in [0.15, 0.2) is 0 Å². The summed E-state index contributed by atoms with van der Waals surface area (Å²) >= 11 is 0. The van der Waals surface area contributed by atoms with Crippen molar-refractivity contribution in [3.63, 3.8) is 0 Å². The minimum absolute atomic E-state index is 0.649. The summed E-state index contributed by atoms with van der Waals surface area (Å²) < 4.78 is 1.90. The van der Waals surface area contributed by atoms with Crippen molar-refractivity contribution in [2.24, 2.45) is 7.05 Å². The lowest BCUT2D eigenvalue weighted by atomic mass is 10.3. The molecule has 1 aliphatic carbocycles. The highest BCUT2D eigenvalue weighted by atomic mass is 15.3. The Morgan fingerprint density at radius 1 is 1.53 bits per heavy atom. The van der Waals surface area contributed by atoms with Crippen LogP contribution in [0.5, 0.6) is 0 Å². The molecule has 4 nitrogen and oxygen atoms in total. The summed E-state index contributed by atoms with van der Waals surface area (Å²) in [5, 5.41) is 7.83. The number of hydrogen-bond donors (Lipinski definition) is 2. The molecule has 3 rings (SSSR count). The van der Waals surface area contributed by atoms with E-state index in [-0.39, 0.29) is 0 Å². The Kier molecular flexibility index (Phi) is 1.80. The van der Waals surface area contributed by atoms with Gasteiger partial charge in [-0.1, -0.05) is 0 Å². The maximum atomic E-state index is 4.43. The Bertz CT molecular complexity index is 451. The Balaban J connectivity index is 1.90. The highest BCUT2D eigenvalue weighted by Crippen LogP contribution is 2.26. The van der Waals surface area contributed by atoms with Crippen LogP contribution in [0.2, 0.25) is 0 Å². The number of aromatic amines is 1. The van der Waals surface area contributed by atoms with E-state index in [4.69, 9.17) is 0 Å². The van der Waals surface area contributed by atoms with Crippen LogP contribution in [0.25, 0.3) is 11.4 Å². The summed E-state index contributed by atoms with van der Waals surface area (Å²) in [4.78, 5) is 3.19. The standard InChI is InChI=1S/C11H14N4/c1-15-10(9-3-2-6-12-9)7-11(14-15)13-8-4-5-8/h2-3,6-8,12H,4-5H2,1H3,(H,13,14). The van der Waals surface area contributed by atoms with Crippen LogP contribution in [-0.4, -0.2) is 20.8 Å². The quantitative estimate of drug-likeness (QED) is 0.799. The highest BCUT2D eigenvalue weighted by Gasteiger charge is 2.22. The fraction of sp³-hybridized carbons (Fsp3) is 0.364. The molecule has 1 aliphatic rings. The lowest BCUT2D eigenvalue weighted by Gasteiger charge is -1.96. The van der Waals surface area contributed by atoms with E-state index in [1.165, 1.54) is 12.8 Å². The molecule has 0 amide bonds. The number of anilines is 1. The average molecular weight is 202 g/mol. The molecule has 0 aliphatic heterocycles. The molecule has 2 aromatic rings. The van der Waals surface area contributed by atoms with Crippen LogP contribution in [0.4, 0.5) is 5.82 Å². The third kappa shape index (κ3) is 1.63. The molecule has 0 bridgehead atoms. The van der Waals surface area contributed by atoms with Gasteiger partial charge in [-0.3, -0.25) is 4.68 Å². The number of H-pyrrole nitrogens is 1. The lowest BCUT2D eigenvalue weighted by molar-refractivity contribution is 0.774. The molecule has 0 spiro atoms. The van der Waals surface area contributed by atoms with Gasteiger partial charge in [-0.05, 0) is 25.0 Å². The van der Waals surface area contributed by atoms with Gasteiger partial charge < -0.3 is 10.3 Å². The predicted octanol–water partition coefficient (Wildman–Crippen LogP) is 1.99.